The Kier molecular flexibility index (Phi) is 5.12. The van der Waals surface area contributed by atoms with E-state index in [4.69, 9.17) is 10.5 Å². The van der Waals surface area contributed by atoms with Crippen LogP contribution in [0, 0.1) is 5.92 Å². The molecular weight excluding hydrogens is 270 g/mol. The fourth-order valence-electron chi connectivity index (χ4n) is 3.30. The van der Waals surface area contributed by atoms with Gasteiger partial charge < -0.3 is 10.5 Å². The van der Waals surface area contributed by atoms with Crippen LogP contribution in [0.2, 0.25) is 0 Å². The van der Waals surface area contributed by atoms with Gasteiger partial charge in [0.25, 0.3) is 0 Å². The molecule has 22 heavy (non-hydrogen) atoms. The van der Waals surface area contributed by atoms with Crippen LogP contribution in [0.5, 0.6) is 5.75 Å². The van der Waals surface area contributed by atoms with Gasteiger partial charge in [0.15, 0.2) is 0 Å². The lowest BCUT2D eigenvalue weighted by molar-refractivity contribution is 0.300. The van der Waals surface area contributed by atoms with E-state index in [1.807, 2.05) is 24.3 Å². The SMILES string of the molecule is NC1CCCCC1Cc1cccc(OCc2ccccc2)c1. The summed E-state index contributed by atoms with van der Waals surface area (Å²) in [6.07, 6.45) is 6.12. The van der Waals surface area contributed by atoms with E-state index in [9.17, 15) is 0 Å². The summed E-state index contributed by atoms with van der Waals surface area (Å²) >= 11 is 0. The number of hydrogen-bond acceptors (Lipinski definition) is 2. The fourth-order valence-corrected chi connectivity index (χ4v) is 3.30. The van der Waals surface area contributed by atoms with Crippen molar-refractivity contribution in [3.05, 3.63) is 65.7 Å². The van der Waals surface area contributed by atoms with Crippen molar-refractivity contribution in [3.8, 4) is 5.75 Å². The van der Waals surface area contributed by atoms with Crippen molar-refractivity contribution in [2.45, 2.75) is 44.8 Å². The van der Waals surface area contributed by atoms with Gasteiger partial charge in [0.1, 0.15) is 12.4 Å². The smallest absolute Gasteiger partial charge is 0.120 e. The first-order valence-electron chi connectivity index (χ1n) is 8.32. The number of hydrogen-bond donors (Lipinski definition) is 1. The highest BCUT2D eigenvalue weighted by atomic mass is 16.5. The molecule has 2 atom stereocenters. The van der Waals surface area contributed by atoms with Crippen molar-refractivity contribution < 1.29 is 4.74 Å². The molecule has 0 radical (unpaired) electrons. The van der Waals surface area contributed by atoms with Crippen LogP contribution >= 0.6 is 0 Å². The Hall–Kier alpha value is -1.80. The lowest BCUT2D eigenvalue weighted by Gasteiger charge is -2.28. The predicted octanol–water partition coefficient (Wildman–Crippen LogP) is 4.33. The monoisotopic (exact) mass is 295 g/mol. The van der Waals surface area contributed by atoms with E-state index < -0.39 is 0 Å². The van der Waals surface area contributed by atoms with Crippen LogP contribution in [0.3, 0.4) is 0 Å². The molecule has 1 aliphatic carbocycles. The Morgan fingerprint density at radius 1 is 0.909 bits per heavy atom. The van der Waals surface area contributed by atoms with Crippen LogP contribution in [0.15, 0.2) is 54.6 Å². The lowest BCUT2D eigenvalue weighted by atomic mass is 9.81. The van der Waals surface area contributed by atoms with Gasteiger partial charge in [-0.05, 0) is 48.4 Å². The lowest BCUT2D eigenvalue weighted by Crippen LogP contribution is -2.34. The van der Waals surface area contributed by atoms with Gasteiger partial charge in [-0.2, -0.15) is 0 Å². The standard InChI is InChI=1S/C20H25NO/c21-20-12-5-4-10-18(20)13-17-9-6-11-19(14-17)22-15-16-7-2-1-3-8-16/h1-3,6-9,11,14,18,20H,4-5,10,12-13,15,21H2. The summed E-state index contributed by atoms with van der Waals surface area (Å²) in [5.41, 5.74) is 8.81. The summed E-state index contributed by atoms with van der Waals surface area (Å²) in [4.78, 5) is 0. The highest BCUT2D eigenvalue weighted by Gasteiger charge is 2.21. The zero-order valence-corrected chi connectivity index (χ0v) is 13.1. The summed E-state index contributed by atoms with van der Waals surface area (Å²) in [6.45, 7) is 0.618. The number of benzene rings is 2. The summed E-state index contributed by atoms with van der Waals surface area (Å²) in [6, 6.07) is 19.1. The Balaban J connectivity index is 1.60. The fraction of sp³-hybridized carbons (Fsp3) is 0.400. The number of rotatable bonds is 5. The molecule has 0 heterocycles. The number of ether oxygens (including phenoxy) is 1. The van der Waals surface area contributed by atoms with Gasteiger partial charge in [-0.1, -0.05) is 55.3 Å². The van der Waals surface area contributed by atoms with E-state index in [0.717, 1.165) is 12.2 Å². The van der Waals surface area contributed by atoms with Gasteiger partial charge in [0.2, 0.25) is 0 Å². The highest BCUT2D eigenvalue weighted by molar-refractivity contribution is 5.29. The largest absolute Gasteiger partial charge is 0.489 e. The molecule has 2 aromatic rings. The normalized spacial score (nSPS) is 21.5. The minimum atomic E-state index is 0.364. The van der Waals surface area contributed by atoms with Crippen molar-refractivity contribution >= 4 is 0 Å². The minimum absolute atomic E-state index is 0.364. The van der Waals surface area contributed by atoms with Crippen LogP contribution in [0.25, 0.3) is 0 Å². The molecule has 0 amide bonds. The third kappa shape index (κ3) is 4.11. The quantitative estimate of drug-likeness (QED) is 0.891. The molecule has 0 aliphatic heterocycles. The van der Waals surface area contributed by atoms with Gasteiger partial charge in [-0.25, -0.2) is 0 Å². The van der Waals surface area contributed by atoms with Crippen molar-refractivity contribution in [2.24, 2.45) is 11.7 Å². The van der Waals surface area contributed by atoms with Crippen LogP contribution in [-0.2, 0) is 13.0 Å². The molecule has 116 valence electrons. The summed E-state index contributed by atoms with van der Waals surface area (Å²) in [5.74, 6) is 1.57. The van der Waals surface area contributed by atoms with E-state index in [-0.39, 0.29) is 0 Å². The zero-order chi connectivity index (χ0) is 15.2. The molecule has 2 N–H and O–H groups in total. The van der Waals surface area contributed by atoms with Crippen molar-refractivity contribution in [1.29, 1.82) is 0 Å². The molecule has 1 aliphatic rings. The molecule has 2 heteroatoms. The van der Waals surface area contributed by atoms with E-state index in [1.54, 1.807) is 0 Å². The second-order valence-corrected chi connectivity index (χ2v) is 6.33. The van der Waals surface area contributed by atoms with Crippen molar-refractivity contribution in [2.75, 3.05) is 0 Å². The first-order chi connectivity index (χ1) is 10.8. The molecule has 0 bridgehead atoms. The topological polar surface area (TPSA) is 35.2 Å². The molecular formula is C20H25NO. The molecule has 2 nitrogen and oxygen atoms in total. The predicted molar refractivity (Wildman–Crippen MR) is 90.9 cm³/mol. The molecule has 0 aromatic heterocycles. The molecule has 0 saturated heterocycles. The van der Waals surface area contributed by atoms with Gasteiger partial charge in [0.05, 0.1) is 0 Å². The van der Waals surface area contributed by atoms with E-state index in [1.165, 1.54) is 36.8 Å². The summed E-state index contributed by atoms with van der Waals surface area (Å²) < 4.78 is 5.92. The Labute approximate surface area is 133 Å². The maximum Gasteiger partial charge on any atom is 0.120 e. The van der Waals surface area contributed by atoms with Gasteiger partial charge in [0, 0.05) is 6.04 Å². The number of nitrogens with two attached hydrogens (primary N) is 1. The third-order valence-electron chi connectivity index (χ3n) is 4.61. The molecule has 2 aromatic carbocycles. The maximum absolute atomic E-state index is 6.27. The average Bonchev–Trinajstić information content (AvgIpc) is 2.57. The van der Waals surface area contributed by atoms with Crippen LogP contribution in [-0.4, -0.2) is 6.04 Å². The Bertz CT molecular complexity index is 581. The van der Waals surface area contributed by atoms with Crippen LogP contribution in [0.1, 0.15) is 36.8 Å². The van der Waals surface area contributed by atoms with Gasteiger partial charge in [-0.3, -0.25) is 0 Å². The van der Waals surface area contributed by atoms with E-state index in [2.05, 4.69) is 30.3 Å². The Morgan fingerprint density at radius 2 is 1.68 bits per heavy atom. The van der Waals surface area contributed by atoms with Gasteiger partial charge >= 0.3 is 0 Å². The van der Waals surface area contributed by atoms with Gasteiger partial charge in [-0.15, -0.1) is 0 Å². The summed E-state index contributed by atoms with van der Waals surface area (Å²) in [5, 5.41) is 0. The minimum Gasteiger partial charge on any atom is -0.489 e. The van der Waals surface area contributed by atoms with Crippen LogP contribution < -0.4 is 10.5 Å². The van der Waals surface area contributed by atoms with Crippen molar-refractivity contribution in [3.63, 3.8) is 0 Å². The first-order valence-corrected chi connectivity index (χ1v) is 8.32. The average molecular weight is 295 g/mol. The maximum atomic E-state index is 6.27. The van der Waals surface area contributed by atoms with E-state index in [0.29, 0.717) is 18.6 Å². The first kappa shape index (κ1) is 15.1. The molecule has 3 rings (SSSR count). The molecule has 0 spiro atoms. The molecule has 1 fully saturated rings. The van der Waals surface area contributed by atoms with E-state index >= 15 is 0 Å². The highest BCUT2D eigenvalue weighted by Crippen LogP contribution is 2.27. The van der Waals surface area contributed by atoms with Crippen molar-refractivity contribution in [1.82, 2.24) is 0 Å². The third-order valence-corrected chi connectivity index (χ3v) is 4.61. The second kappa shape index (κ2) is 7.46. The second-order valence-electron chi connectivity index (χ2n) is 6.33. The van der Waals surface area contributed by atoms with Crippen LogP contribution in [0.4, 0.5) is 0 Å². The molecule has 1 saturated carbocycles. The molecule has 2 unspecified atom stereocenters. The zero-order valence-electron chi connectivity index (χ0n) is 13.1. The summed E-state index contributed by atoms with van der Waals surface area (Å²) in [7, 11) is 0. The Morgan fingerprint density at radius 3 is 2.50 bits per heavy atom.